The minimum absolute atomic E-state index is 0.00463. The van der Waals surface area contributed by atoms with E-state index in [0.717, 1.165) is 6.54 Å². The normalized spacial score (nSPS) is 19.8. The first-order chi connectivity index (χ1) is 9.65. The number of nitrogens with zero attached hydrogens (tertiary/aromatic N) is 1. The van der Waals surface area contributed by atoms with Crippen LogP contribution < -0.4 is 4.74 Å². The molecule has 1 fully saturated rings. The van der Waals surface area contributed by atoms with Crippen molar-refractivity contribution in [2.24, 2.45) is 0 Å². The van der Waals surface area contributed by atoms with Crippen molar-refractivity contribution in [3.63, 3.8) is 0 Å². The summed E-state index contributed by atoms with van der Waals surface area (Å²) >= 11 is 0. The number of carbonyl (C=O) groups is 1. The Morgan fingerprint density at radius 3 is 3.05 bits per heavy atom. The first kappa shape index (κ1) is 14.7. The van der Waals surface area contributed by atoms with Gasteiger partial charge >= 0.3 is 5.97 Å². The lowest BCUT2D eigenvalue weighted by molar-refractivity contribution is -0.142. The van der Waals surface area contributed by atoms with Gasteiger partial charge in [-0.05, 0) is 12.1 Å². The quantitative estimate of drug-likeness (QED) is 0.854. The second-order valence-corrected chi connectivity index (χ2v) is 4.67. The van der Waals surface area contributed by atoms with Gasteiger partial charge in [0.15, 0.2) is 11.6 Å². The van der Waals surface area contributed by atoms with Crippen LogP contribution in [0.25, 0.3) is 0 Å². The lowest BCUT2D eigenvalue weighted by atomic mass is 10.2. The van der Waals surface area contributed by atoms with Gasteiger partial charge in [-0.1, -0.05) is 12.1 Å². The molecule has 1 atom stereocenters. The van der Waals surface area contributed by atoms with Crippen LogP contribution >= 0.6 is 0 Å². The molecule has 1 aliphatic rings. The van der Waals surface area contributed by atoms with Crippen LogP contribution in [0.2, 0.25) is 0 Å². The minimum Gasteiger partial charge on any atom is -0.489 e. The van der Waals surface area contributed by atoms with E-state index < -0.39 is 5.97 Å². The number of halogens is 1. The fourth-order valence-corrected chi connectivity index (χ4v) is 2.15. The molecular weight excluding hydrogens is 265 g/mol. The van der Waals surface area contributed by atoms with E-state index in [2.05, 4.69) is 4.90 Å². The maximum absolute atomic E-state index is 13.3. The third kappa shape index (κ3) is 4.47. The van der Waals surface area contributed by atoms with Crippen LogP contribution in [0.3, 0.4) is 0 Å². The Kier molecular flexibility index (Phi) is 5.31. The predicted octanol–water partition coefficient (Wildman–Crippen LogP) is 1.38. The zero-order chi connectivity index (χ0) is 14.4. The first-order valence-electron chi connectivity index (χ1n) is 6.58. The molecule has 1 aliphatic heterocycles. The van der Waals surface area contributed by atoms with Gasteiger partial charge in [0.25, 0.3) is 0 Å². The lowest BCUT2D eigenvalue weighted by Crippen LogP contribution is -2.44. The molecule has 1 aromatic carbocycles. The molecule has 0 saturated carbocycles. The SMILES string of the molecule is O=C(O)CC1CN(CCOc2ccccc2F)CCO1. The summed E-state index contributed by atoms with van der Waals surface area (Å²) in [6, 6.07) is 6.27. The van der Waals surface area contributed by atoms with Crippen molar-refractivity contribution in [2.45, 2.75) is 12.5 Å². The zero-order valence-electron chi connectivity index (χ0n) is 11.1. The summed E-state index contributed by atoms with van der Waals surface area (Å²) in [5.41, 5.74) is 0. The summed E-state index contributed by atoms with van der Waals surface area (Å²) < 4.78 is 24.1. The highest BCUT2D eigenvalue weighted by atomic mass is 19.1. The number of aliphatic carboxylic acids is 1. The maximum Gasteiger partial charge on any atom is 0.306 e. The van der Waals surface area contributed by atoms with Crippen LogP contribution in [0.1, 0.15) is 6.42 Å². The molecule has 1 N–H and O–H groups in total. The zero-order valence-corrected chi connectivity index (χ0v) is 11.1. The fraction of sp³-hybridized carbons (Fsp3) is 0.500. The van der Waals surface area contributed by atoms with E-state index in [1.807, 2.05) is 0 Å². The number of hydrogen-bond acceptors (Lipinski definition) is 4. The molecule has 5 nitrogen and oxygen atoms in total. The largest absolute Gasteiger partial charge is 0.489 e. The highest BCUT2D eigenvalue weighted by molar-refractivity contribution is 5.67. The predicted molar refractivity (Wildman–Crippen MR) is 70.3 cm³/mol. The van der Waals surface area contributed by atoms with E-state index >= 15 is 0 Å². The smallest absolute Gasteiger partial charge is 0.306 e. The number of benzene rings is 1. The monoisotopic (exact) mass is 283 g/mol. The number of ether oxygens (including phenoxy) is 2. The van der Waals surface area contributed by atoms with Gasteiger partial charge in [-0.25, -0.2) is 4.39 Å². The molecule has 1 saturated heterocycles. The molecule has 1 aromatic rings. The van der Waals surface area contributed by atoms with Crippen molar-refractivity contribution in [2.75, 3.05) is 32.8 Å². The van der Waals surface area contributed by atoms with Crippen LogP contribution in [0.5, 0.6) is 5.75 Å². The van der Waals surface area contributed by atoms with Crippen molar-refractivity contribution in [1.29, 1.82) is 0 Å². The van der Waals surface area contributed by atoms with E-state index in [0.29, 0.717) is 26.3 Å². The molecule has 1 unspecified atom stereocenters. The van der Waals surface area contributed by atoms with Crippen molar-refractivity contribution in [3.05, 3.63) is 30.1 Å². The van der Waals surface area contributed by atoms with E-state index in [1.165, 1.54) is 6.07 Å². The number of morpholine rings is 1. The molecule has 110 valence electrons. The summed E-state index contributed by atoms with van der Waals surface area (Å²) in [5, 5.41) is 8.74. The van der Waals surface area contributed by atoms with E-state index in [4.69, 9.17) is 14.6 Å². The molecule has 0 bridgehead atoms. The Morgan fingerprint density at radius 1 is 1.50 bits per heavy atom. The topological polar surface area (TPSA) is 59.0 Å². The molecule has 0 aliphatic carbocycles. The van der Waals surface area contributed by atoms with Gasteiger partial charge in [-0.2, -0.15) is 0 Å². The Hall–Kier alpha value is -1.66. The second kappa shape index (κ2) is 7.21. The number of para-hydroxylation sites is 1. The van der Waals surface area contributed by atoms with Gasteiger partial charge in [0, 0.05) is 19.6 Å². The highest BCUT2D eigenvalue weighted by Gasteiger charge is 2.22. The minimum atomic E-state index is -0.862. The molecule has 0 amide bonds. The van der Waals surface area contributed by atoms with Crippen LogP contribution in [-0.2, 0) is 9.53 Å². The van der Waals surface area contributed by atoms with Gasteiger partial charge in [0.2, 0.25) is 0 Å². The summed E-state index contributed by atoms with van der Waals surface area (Å²) in [7, 11) is 0. The number of carboxylic acids is 1. The van der Waals surface area contributed by atoms with Gasteiger partial charge in [-0.3, -0.25) is 9.69 Å². The molecule has 0 radical (unpaired) electrons. The maximum atomic E-state index is 13.3. The first-order valence-corrected chi connectivity index (χ1v) is 6.58. The molecule has 0 spiro atoms. The average molecular weight is 283 g/mol. The van der Waals surface area contributed by atoms with Gasteiger partial charge in [-0.15, -0.1) is 0 Å². The Balaban J connectivity index is 1.74. The fourth-order valence-electron chi connectivity index (χ4n) is 2.15. The van der Waals surface area contributed by atoms with Gasteiger partial charge < -0.3 is 14.6 Å². The summed E-state index contributed by atoms with van der Waals surface area (Å²) in [6.45, 7) is 2.79. The molecule has 0 aromatic heterocycles. The van der Waals surface area contributed by atoms with Crippen LogP contribution in [0.4, 0.5) is 4.39 Å². The summed E-state index contributed by atoms with van der Waals surface area (Å²) in [6.07, 6.45) is -0.278. The second-order valence-electron chi connectivity index (χ2n) is 4.67. The lowest BCUT2D eigenvalue weighted by Gasteiger charge is -2.32. The molecule has 20 heavy (non-hydrogen) atoms. The van der Waals surface area contributed by atoms with Crippen molar-refractivity contribution < 1.29 is 23.8 Å². The standard InChI is InChI=1S/C14H18FNO4/c15-12-3-1-2-4-13(12)20-8-6-16-5-7-19-11(10-16)9-14(17)18/h1-4,11H,5-10H2,(H,17,18). The van der Waals surface area contributed by atoms with Crippen molar-refractivity contribution >= 4 is 5.97 Å². The van der Waals surface area contributed by atoms with Crippen LogP contribution in [0.15, 0.2) is 24.3 Å². The Labute approximate surface area is 116 Å². The number of rotatable bonds is 6. The van der Waals surface area contributed by atoms with E-state index in [1.54, 1.807) is 18.2 Å². The summed E-state index contributed by atoms with van der Waals surface area (Å²) in [5.74, 6) is -1.000. The third-order valence-corrected chi connectivity index (χ3v) is 3.13. The van der Waals surface area contributed by atoms with Gasteiger partial charge in [0.1, 0.15) is 6.61 Å². The van der Waals surface area contributed by atoms with Crippen molar-refractivity contribution in [1.82, 2.24) is 4.90 Å². The van der Waals surface area contributed by atoms with Crippen molar-refractivity contribution in [3.8, 4) is 5.75 Å². The molecular formula is C14H18FNO4. The summed E-state index contributed by atoms with van der Waals surface area (Å²) in [4.78, 5) is 12.7. The molecule has 2 rings (SSSR count). The molecule has 6 heteroatoms. The number of carboxylic acid groups (broad SMARTS) is 1. The number of hydrogen-bond donors (Lipinski definition) is 1. The van der Waals surface area contributed by atoms with E-state index in [-0.39, 0.29) is 24.1 Å². The average Bonchev–Trinajstić information content (AvgIpc) is 2.41. The van der Waals surface area contributed by atoms with Crippen LogP contribution in [-0.4, -0.2) is 54.9 Å². The third-order valence-electron chi connectivity index (χ3n) is 3.13. The van der Waals surface area contributed by atoms with E-state index in [9.17, 15) is 9.18 Å². The van der Waals surface area contributed by atoms with Gasteiger partial charge in [0.05, 0.1) is 19.1 Å². The molecule has 1 heterocycles. The Morgan fingerprint density at radius 2 is 2.30 bits per heavy atom. The van der Waals surface area contributed by atoms with Crippen LogP contribution in [0, 0.1) is 5.82 Å². The Bertz CT molecular complexity index is 455. The highest BCUT2D eigenvalue weighted by Crippen LogP contribution is 2.15.